The van der Waals surface area contributed by atoms with E-state index in [1.807, 2.05) is 41.1 Å². The van der Waals surface area contributed by atoms with Gasteiger partial charge in [0, 0.05) is 17.2 Å². The van der Waals surface area contributed by atoms with Gasteiger partial charge in [-0.2, -0.15) is 0 Å². The molecule has 0 fully saturated rings. The van der Waals surface area contributed by atoms with Crippen LogP contribution >= 0.6 is 15.9 Å². The predicted octanol–water partition coefficient (Wildman–Crippen LogP) is 3.16. The molecule has 0 unspecified atom stereocenters. The van der Waals surface area contributed by atoms with Gasteiger partial charge in [0.1, 0.15) is 5.69 Å². The molecule has 0 aliphatic heterocycles. The van der Waals surface area contributed by atoms with Crippen molar-refractivity contribution in [1.82, 2.24) is 4.57 Å². The number of rotatable bonds is 3. The Bertz CT molecular complexity index is 516. The number of carbonyl (C=O) groups excluding carboxylic acids is 1. The number of benzene rings is 1. The van der Waals surface area contributed by atoms with Gasteiger partial charge in [0.2, 0.25) is 0 Å². The Morgan fingerprint density at radius 1 is 1.29 bits per heavy atom. The summed E-state index contributed by atoms with van der Waals surface area (Å²) in [5, 5.41) is 0.822. The highest BCUT2D eigenvalue weighted by Crippen LogP contribution is 2.15. The number of methoxy groups -OCH3 is 1. The summed E-state index contributed by atoms with van der Waals surface area (Å²) in [6.07, 6.45) is 1.84. The molecule has 17 heavy (non-hydrogen) atoms. The molecule has 0 radical (unpaired) electrons. The monoisotopic (exact) mass is 293 g/mol. The first-order valence-electron chi connectivity index (χ1n) is 5.17. The minimum atomic E-state index is -0.334. The van der Waals surface area contributed by atoms with E-state index in [0.717, 1.165) is 11.0 Å². The zero-order valence-electron chi connectivity index (χ0n) is 9.39. The van der Waals surface area contributed by atoms with Crippen molar-refractivity contribution in [1.29, 1.82) is 0 Å². The third-order valence-electron chi connectivity index (χ3n) is 2.51. The lowest BCUT2D eigenvalue weighted by Crippen LogP contribution is -2.08. The summed E-state index contributed by atoms with van der Waals surface area (Å²) >= 11 is 3.40. The number of esters is 1. The van der Waals surface area contributed by atoms with E-state index in [1.54, 1.807) is 6.07 Å². The number of ether oxygens (including phenoxy) is 1. The lowest BCUT2D eigenvalue weighted by molar-refractivity contribution is 0.0591. The van der Waals surface area contributed by atoms with Crippen LogP contribution in [0, 0.1) is 0 Å². The van der Waals surface area contributed by atoms with Crippen LogP contribution in [0.15, 0.2) is 42.6 Å². The Balaban J connectivity index is 2.39. The Kier molecular flexibility index (Phi) is 3.64. The summed E-state index contributed by atoms with van der Waals surface area (Å²) in [4.78, 5) is 11.5. The Morgan fingerprint density at radius 2 is 2.00 bits per heavy atom. The second kappa shape index (κ2) is 5.19. The van der Waals surface area contributed by atoms with Crippen molar-refractivity contribution in [3.8, 4) is 5.69 Å². The first-order chi connectivity index (χ1) is 8.26. The topological polar surface area (TPSA) is 31.2 Å². The number of hydrogen-bond acceptors (Lipinski definition) is 2. The van der Waals surface area contributed by atoms with Crippen molar-refractivity contribution < 1.29 is 9.53 Å². The zero-order chi connectivity index (χ0) is 12.3. The van der Waals surface area contributed by atoms with Gasteiger partial charge in [-0.3, -0.25) is 0 Å². The summed E-state index contributed by atoms with van der Waals surface area (Å²) in [7, 11) is 1.38. The molecule has 0 atom stereocenters. The fourth-order valence-electron chi connectivity index (χ4n) is 1.62. The molecular weight excluding hydrogens is 282 g/mol. The molecule has 1 aromatic heterocycles. The highest BCUT2D eigenvalue weighted by atomic mass is 79.9. The summed E-state index contributed by atoms with van der Waals surface area (Å²) in [6.45, 7) is 0. The SMILES string of the molecule is COC(=O)c1cccn1-c1ccc(CBr)cc1. The molecule has 0 spiro atoms. The fourth-order valence-corrected chi connectivity index (χ4v) is 2.00. The maximum Gasteiger partial charge on any atom is 0.355 e. The van der Waals surface area contributed by atoms with Crippen LogP contribution in [0.1, 0.15) is 16.1 Å². The molecule has 2 aromatic rings. The molecule has 88 valence electrons. The molecule has 2 rings (SSSR count). The lowest BCUT2D eigenvalue weighted by Gasteiger charge is -2.08. The van der Waals surface area contributed by atoms with Crippen molar-refractivity contribution in [2.24, 2.45) is 0 Å². The molecule has 3 nitrogen and oxygen atoms in total. The molecule has 0 saturated heterocycles. The molecule has 0 aliphatic carbocycles. The van der Waals surface area contributed by atoms with E-state index >= 15 is 0 Å². The Labute approximate surface area is 108 Å². The molecule has 4 heteroatoms. The van der Waals surface area contributed by atoms with E-state index in [2.05, 4.69) is 15.9 Å². The normalized spacial score (nSPS) is 10.2. The summed E-state index contributed by atoms with van der Waals surface area (Å²) in [5.41, 5.74) is 2.67. The first kappa shape index (κ1) is 11.9. The van der Waals surface area contributed by atoms with E-state index in [-0.39, 0.29) is 5.97 Å². The van der Waals surface area contributed by atoms with E-state index < -0.39 is 0 Å². The molecule has 0 amide bonds. The van der Waals surface area contributed by atoms with Crippen LogP contribution in [0.2, 0.25) is 0 Å². The maximum absolute atomic E-state index is 11.5. The van der Waals surface area contributed by atoms with Crippen LogP contribution in [0.3, 0.4) is 0 Å². The second-order valence-corrected chi connectivity index (χ2v) is 4.12. The van der Waals surface area contributed by atoms with Gasteiger partial charge in [0.25, 0.3) is 0 Å². The second-order valence-electron chi connectivity index (χ2n) is 3.56. The van der Waals surface area contributed by atoms with Gasteiger partial charge < -0.3 is 9.30 Å². The van der Waals surface area contributed by atoms with Crippen LogP contribution in [-0.4, -0.2) is 17.6 Å². The summed E-state index contributed by atoms with van der Waals surface area (Å²) in [5.74, 6) is -0.334. The molecule has 0 N–H and O–H groups in total. The minimum Gasteiger partial charge on any atom is -0.464 e. The van der Waals surface area contributed by atoms with Crippen LogP contribution < -0.4 is 0 Å². The largest absolute Gasteiger partial charge is 0.464 e. The van der Waals surface area contributed by atoms with Crippen LogP contribution in [0.5, 0.6) is 0 Å². The van der Waals surface area contributed by atoms with E-state index in [4.69, 9.17) is 4.74 Å². The van der Waals surface area contributed by atoms with Gasteiger partial charge in [0.05, 0.1) is 7.11 Å². The number of aromatic nitrogens is 1. The Morgan fingerprint density at radius 3 is 2.59 bits per heavy atom. The van der Waals surface area contributed by atoms with Crippen molar-refractivity contribution in [3.63, 3.8) is 0 Å². The summed E-state index contributed by atoms with van der Waals surface area (Å²) < 4.78 is 6.54. The van der Waals surface area contributed by atoms with Crippen LogP contribution in [-0.2, 0) is 10.1 Å². The highest BCUT2D eigenvalue weighted by molar-refractivity contribution is 9.08. The number of carbonyl (C=O) groups is 1. The van der Waals surface area contributed by atoms with E-state index in [9.17, 15) is 4.79 Å². The number of halogens is 1. The van der Waals surface area contributed by atoms with E-state index in [0.29, 0.717) is 5.69 Å². The van der Waals surface area contributed by atoms with Crippen LogP contribution in [0.25, 0.3) is 5.69 Å². The van der Waals surface area contributed by atoms with Gasteiger partial charge >= 0.3 is 5.97 Å². The van der Waals surface area contributed by atoms with Gasteiger partial charge in [-0.15, -0.1) is 0 Å². The molecule has 1 aromatic carbocycles. The van der Waals surface area contributed by atoms with Gasteiger partial charge in [-0.1, -0.05) is 28.1 Å². The fraction of sp³-hybridized carbons (Fsp3) is 0.154. The van der Waals surface area contributed by atoms with E-state index in [1.165, 1.54) is 12.7 Å². The lowest BCUT2D eigenvalue weighted by atomic mass is 10.2. The van der Waals surface area contributed by atoms with Crippen molar-refractivity contribution in [3.05, 3.63) is 53.9 Å². The quantitative estimate of drug-likeness (QED) is 0.643. The van der Waals surface area contributed by atoms with Gasteiger partial charge in [-0.25, -0.2) is 4.79 Å². The smallest absolute Gasteiger partial charge is 0.355 e. The predicted molar refractivity (Wildman–Crippen MR) is 69.7 cm³/mol. The summed E-state index contributed by atoms with van der Waals surface area (Å²) in [6, 6.07) is 11.6. The standard InChI is InChI=1S/C13H12BrNO2/c1-17-13(16)12-3-2-8-15(12)11-6-4-10(9-14)5-7-11/h2-8H,9H2,1H3. The average molecular weight is 294 g/mol. The number of hydrogen-bond donors (Lipinski definition) is 0. The molecule has 0 aliphatic rings. The average Bonchev–Trinajstić information content (AvgIpc) is 2.87. The first-order valence-corrected chi connectivity index (χ1v) is 6.29. The third-order valence-corrected chi connectivity index (χ3v) is 3.16. The highest BCUT2D eigenvalue weighted by Gasteiger charge is 2.11. The Hall–Kier alpha value is -1.55. The van der Waals surface area contributed by atoms with Crippen molar-refractivity contribution >= 4 is 21.9 Å². The molecular formula is C13H12BrNO2. The molecule has 0 saturated carbocycles. The third kappa shape index (κ3) is 2.42. The van der Waals surface area contributed by atoms with Gasteiger partial charge in [0.15, 0.2) is 0 Å². The number of alkyl halides is 1. The van der Waals surface area contributed by atoms with Crippen molar-refractivity contribution in [2.75, 3.05) is 7.11 Å². The molecule has 1 heterocycles. The van der Waals surface area contributed by atoms with Crippen molar-refractivity contribution in [2.45, 2.75) is 5.33 Å². The zero-order valence-corrected chi connectivity index (χ0v) is 11.0. The van der Waals surface area contributed by atoms with Crippen LogP contribution in [0.4, 0.5) is 0 Å². The van der Waals surface area contributed by atoms with Gasteiger partial charge in [-0.05, 0) is 29.8 Å². The maximum atomic E-state index is 11.5. The molecule has 0 bridgehead atoms. The number of nitrogens with zero attached hydrogens (tertiary/aromatic N) is 1. The minimum absolute atomic E-state index is 0.334.